The van der Waals surface area contributed by atoms with Crippen molar-refractivity contribution in [1.82, 2.24) is 14.8 Å². The van der Waals surface area contributed by atoms with Gasteiger partial charge in [-0.3, -0.25) is 9.69 Å². The lowest BCUT2D eigenvalue weighted by molar-refractivity contribution is -0.133. The maximum Gasteiger partial charge on any atom is 0.222 e. The Morgan fingerprint density at radius 1 is 1.24 bits per heavy atom. The standard InChI is InChI=1S/C18H25N5O2/c1-4-5-7-18(20-21-18)8-6-17(24)23-11-9-22(10-12-23)13-16-19-14(2)15(3)25-16/h1H,5-13H2,2-3H3. The minimum Gasteiger partial charge on any atom is -0.444 e. The summed E-state index contributed by atoms with van der Waals surface area (Å²) < 4.78 is 5.64. The van der Waals surface area contributed by atoms with E-state index in [-0.39, 0.29) is 11.6 Å². The zero-order chi connectivity index (χ0) is 17.9. The Balaban J connectivity index is 1.40. The lowest BCUT2D eigenvalue weighted by Gasteiger charge is -2.34. The first-order chi connectivity index (χ1) is 12.0. The van der Waals surface area contributed by atoms with Crippen LogP contribution in [0, 0.1) is 26.2 Å². The monoisotopic (exact) mass is 343 g/mol. The molecule has 7 heteroatoms. The smallest absolute Gasteiger partial charge is 0.222 e. The highest BCUT2D eigenvalue weighted by atomic mass is 16.4. The van der Waals surface area contributed by atoms with E-state index >= 15 is 0 Å². The number of amides is 1. The van der Waals surface area contributed by atoms with Gasteiger partial charge in [0, 0.05) is 51.9 Å². The van der Waals surface area contributed by atoms with Gasteiger partial charge >= 0.3 is 0 Å². The van der Waals surface area contributed by atoms with Crippen molar-refractivity contribution in [2.75, 3.05) is 26.2 Å². The van der Waals surface area contributed by atoms with Gasteiger partial charge in [-0.15, -0.1) is 12.3 Å². The molecule has 0 saturated carbocycles. The SMILES string of the molecule is C#CCCC1(CCC(=O)N2CCN(Cc3nc(C)c(C)o3)CC2)N=N1. The Bertz CT molecular complexity index is 669. The van der Waals surface area contributed by atoms with Crippen LogP contribution in [0.3, 0.4) is 0 Å². The average Bonchev–Trinajstić information content (AvgIpc) is 3.31. The van der Waals surface area contributed by atoms with Crippen molar-refractivity contribution >= 4 is 5.91 Å². The van der Waals surface area contributed by atoms with E-state index in [0.717, 1.165) is 49.9 Å². The van der Waals surface area contributed by atoms with Gasteiger partial charge in [0.1, 0.15) is 5.76 Å². The Labute approximate surface area is 148 Å². The summed E-state index contributed by atoms with van der Waals surface area (Å²) in [5.74, 6) is 4.42. The molecular formula is C18H25N5O2. The van der Waals surface area contributed by atoms with Crippen molar-refractivity contribution in [3.05, 3.63) is 17.3 Å². The topological polar surface area (TPSA) is 74.3 Å². The van der Waals surface area contributed by atoms with Crippen LogP contribution < -0.4 is 0 Å². The minimum absolute atomic E-state index is 0.180. The van der Waals surface area contributed by atoms with Crippen molar-refractivity contribution in [3.8, 4) is 12.3 Å². The quantitative estimate of drug-likeness (QED) is 0.712. The fourth-order valence-electron chi connectivity index (χ4n) is 3.09. The number of carbonyl (C=O) groups is 1. The number of piperazine rings is 1. The van der Waals surface area contributed by atoms with E-state index < -0.39 is 0 Å². The van der Waals surface area contributed by atoms with Gasteiger partial charge in [-0.2, -0.15) is 10.2 Å². The molecule has 0 aliphatic carbocycles. The summed E-state index contributed by atoms with van der Waals surface area (Å²) in [6.45, 7) is 7.73. The molecule has 1 fully saturated rings. The maximum atomic E-state index is 12.4. The van der Waals surface area contributed by atoms with E-state index in [0.29, 0.717) is 25.8 Å². The molecule has 2 aliphatic rings. The van der Waals surface area contributed by atoms with Crippen molar-refractivity contribution in [3.63, 3.8) is 0 Å². The molecule has 2 aliphatic heterocycles. The summed E-state index contributed by atoms with van der Waals surface area (Å²) in [5, 5.41) is 8.18. The van der Waals surface area contributed by atoms with Crippen LogP contribution in [0.25, 0.3) is 0 Å². The van der Waals surface area contributed by atoms with E-state index in [9.17, 15) is 4.79 Å². The second-order valence-corrected chi connectivity index (χ2v) is 6.79. The number of nitrogens with zero attached hydrogens (tertiary/aromatic N) is 5. The molecule has 1 amide bonds. The molecule has 1 saturated heterocycles. The fraction of sp³-hybridized carbons (Fsp3) is 0.667. The molecule has 0 unspecified atom stereocenters. The Hall–Kier alpha value is -2.20. The van der Waals surface area contributed by atoms with Crippen LogP contribution in [0.1, 0.15) is 43.0 Å². The molecule has 0 radical (unpaired) electrons. The fourth-order valence-corrected chi connectivity index (χ4v) is 3.09. The molecule has 7 nitrogen and oxygen atoms in total. The van der Waals surface area contributed by atoms with Crippen LogP contribution in [0.15, 0.2) is 14.6 Å². The Morgan fingerprint density at radius 2 is 1.96 bits per heavy atom. The molecule has 0 spiro atoms. The van der Waals surface area contributed by atoms with Gasteiger partial charge in [0.2, 0.25) is 11.8 Å². The molecule has 0 N–H and O–H groups in total. The summed E-state index contributed by atoms with van der Waals surface area (Å²) >= 11 is 0. The van der Waals surface area contributed by atoms with Crippen LogP contribution in [-0.2, 0) is 11.3 Å². The van der Waals surface area contributed by atoms with E-state index in [1.165, 1.54) is 0 Å². The van der Waals surface area contributed by atoms with Gasteiger partial charge < -0.3 is 9.32 Å². The number of oxazole rings is 1. The minimum atomic E-state index is -0.371. The van der Waals surface area contributed by atoms with Crippen LogP contribution in [-0.4, -0.2) is 52.5 Å². The highest BCUT2D eigenvalue weighted by Gasteiger charge is 2.39. The zero-order valence-corrected chi connectivity index (χ0v) is 15.0. The number of rotatable bonds is 7. The van der Waals surface area contributed by atoms with Gasteiger partial charge in [-0.25, -0.2) is 4.98 Å². The van der Waals surface area contributed by atoms with Crippen LogP contribution >= 0.6 is 0 Å². The molecular weight excluding hydrogens is 318 g/mol. The van der Waals surface area contributed by atoms with Gasteiger partial charge in [-0.05, 0) is 13.8 Å². The van der Waals surface area contributed by atoms with E-state index in [1.54, 1.807) is 0 Å². The number of hydrogen-bond donors (Lipinski definition) is 0. The van der Waals surface area contributed by atoms with Crippen LogP contribution in [0.2, 0.25) is 0 Å². The zero-order valence-electron chi connectivity index (χ0n) is 15.0. The highest BCUT2D eigenvalue weighted by Crippen LogP contribution is 2.37. The Kier molecular flexibility index (Phi) is 5.19. The molecule has 134 valence electrons. The normalized spacial score (nSPS) is 19.0. The number of terminal acetylenes is 1. The predicted octanol–water partition coefficient (Wildman–Crippen LogP) is 2.29. The van der Waals surface area contributed by atoms with Crippen LogP contribution in [0.5, 0.6) is 0 Å². The molecule has 3 heterocycles. The lowest BCUT2D eigenvalue weighted by Crippen LogP contribution is -2.48. The molecule has 1 aromatic rings. The van der Waals surface area contributed by atoms with E-state index in [2.05, 4.69) is 26.0 Å². The molecule has 1 aromatic heterocycles. The summed E-state index contributed by atoms with van der Waals surface area (Å²) in [6, 6.07) is 0. The molecule has 25 heavy (non-hydrogen) atoms. The first-order valence-electron chi connectivity index (χ1n) is 8.82. The predicted molar refractivity (Wildman–Crippen MR) is 92.7 cm³/mol. The third kappa shape index (κ3) is 4.45. The van der Waals surface area contributed by atoms with Crippen molar-refractivity contribution < 1.29 is 9.21 Å². The highest BCUT2D eigenvalue weighted by molar-refractivity contribution is 5.76. The third-order valence-corrected chi connectivity index (χ3v) is 4.95. The average molecular weight is 343 g/mol. The van der Waals surface area contributed by atoms with Gasteiger partial charge in [-0.1, -0.05) is 0 Å². The molecule has 0 bridgehead atoms. The van der Waals surface area contributed by atoms with E-state index in [1.807, 2.05) is 18.7 Å². The number of aryl methyl sites for hydroxylation is 2. The van der Waals surface area contributed by atoms with Gasteiger partial charge in [0.05, 0.1) is 12.2 Å². The number of hydrogen-bond acceptors (Lipinski definition) is 6. The maximum absolute atomic E-state index is 12.4. The second kappa shape index (κ2) is 7.36. The summed E-state index contributed by atoms with van der Waals surface area (Å²) in [5.41, 5.74) is 0.573. The largest absolute Gasteiger partial charge is 0.444 e. The lowest BCUT2D eigenvalue weighted by atomic mass is 10.0. The van der Waals surface area contributed by atoms with Crippen molar-refractivity contribution in [2.45, 2.75) is 51.7 Å². The molecule has 0 aromatic carbocycles. The van der Waals surface area contributed by atoms with Gasteiger partial charge in [0.25, 0.3) is 0 Å². The number of aromatic nitrogens is 1. The van der Waals surface area contributed by atoms with Crippen LogP contribution in [0.4, 0.5) is 0 Å². The third-order valence-electron chi connectivity index (χ3n) is 4.95. The van der Waals surface area contributed by atoms with E-state index in [4.69, 9.17) is 10.8 Å². The van der Waals surface area contributed by atoms with Gasteiger partial charge in [0.15, 0.2) is 5.66 Å². The first kappa shape index (κ1) is 17.6. The Morgan fingerprint density at radius 3 is 2.52 bits per heavy atom. The first-order valence-corrected chi connectivity index (χ1v) is 8.82. The number of carbonyl (C=O) groups excluding carboxylic acids is 1. The molecule has 3 rings (SSSR count). The summed E-state index contributed by atoms with van der Waals surface area (Å²) in [6.07, 6.45) is 7.84. The second-order valence-electron chi connectivity index (χ2n) is 6.79. The molecule has 0 atom stereocenters. The van der Waals surface area contributed by atoms with Crippen molar-refractivity contribution in [1.29, 1.82) is 0 Å². The van der Waals surface area contributed by atoms with Crippen molar-refractivity contribution in [2.24, 2.45) is 10.2 Å². The summed E-state index contributed by atoms with van der Waals surface area (Å²) in [7, 11) is 0. The summed E-state index contributed by atoms with van der Waals surface area (Å²) in [4.78, 5) is 21.0.